The third kappa shape index (κ3) is 5.31. The highest BCUT2D eigenvalue weighted by atomic mass is 35.5. The minimum Gasteiger partial charge on any atom is -0.325 e. The van der Waals surface area contributed by atoms with E-state index in [4.69, 9.17) is 11.6 Å². The topological polar surface area (TPSA) is 35.6 Å². The third-order valence-corrected chi connectivity index (χ3v) is 5.16. The van der Waals surface area contributed by atoms with Gasteiger partial charge in [0.2, 0.25) is 5.91 Å². The standard InChI is InChI=1S/C21H26ClN3O/c1-17(21(26)23-20-10-8-19(22)9-11-20)25-13-5-12-24(14-15-25)16-18-6-3-2-4-7-18/h2-4,6-11,17H,5,12-16H2,1H3,(H,23,26). The van der Waals surface area contributed by atoms with Gasteiger partial charge < -0.3 is 5.32 Å². The first kappa shape index (κ1) is 18.9. The lowest BCUT2D eigenvalue weighted by Gasteiger charge is -2.27. The molecule has 26 heavy (non-hydrogen) atoms. The molecule has 0 aliphatic carbocycles. The maximum absolute atomic E-state index is 12.6. The van der Waals surface area contributed by atoms with Crippen molar-refractivity contribution in [3.63, 3.8) is 0 Å². The van der Waals surface area contributed by atoms with Gasteiger partial charge in [-0.15, -0.1) is 0 Å². The van der Waals surface area contributed by atoms with E-state index < -0.39 is 0 Å². The highest BCUT2D eigenvalue weighted by Crippen LogP contribution is 2.15. The first-order valence-electron chi connectivity index (χ1n) is 9.18. The van der Waals surface area contributed by atoms with Gasteiger partial charge in [0.25, 0.3) is 0 Å². The van der Waals surface area contributed by atoms with Gasteiger partial charge in [-0.2, -0.15) is 0 Å². The maximum Gasteiger partial charge on any atom is 0.241 e. The quantitative estimate of drug-likeness (QED) is 0.866. The lowest BCUT2D eigenvalue weighted by molar-refractivity contribution is -0.120. The summed E-state index contributed by atoms with van der Waals surface area (Å²) in [5.41, 5.74) is 2.13. The molecule has 2 aromatic carbocycles. The van der Waals surface area contributed by atoms with Crippen LogP contribution >= 0.6 is 11.6 Å². The number of halogens is 1. The number of rotatable bonds is 5. The van der Waals surface area contributed by atoms with Crippen LogP contribution in [0.4, 0.5) is 5.69 Å². The largest absolute Gasteiger partial charge is 0.325 e. The second kappa shape index (κ2) is 9.17. The molecule has 1 heterocycles. The Morgan fingerprint density at radius 2 is 1.77 bits per heavy atom. The minimum absolute atomic E-state index is 0.0313. The first-order chi connectivity index (χ1) is 12.6. The van der Waals surface area contributed by atoms with E-state index in [-0.39, 0.29) is 11.9 Å². The fraction of sp³-hybridized carbons (Fsp3) is 0.381. The number of carbonyl (C=O) groups is 1. The van der Waals surface area contributed by atoms with Crippen molar-refractivity contribution < 1.29 is 4.79 Å². The Labute approximate surface area is 160 Å². The molecular formula is C21H26ClN3O. The van der Waals surface area contributed by atoms with Crippen LogP contribution in [0.25, 0.3) is 0 Å². The maximum atomic E-state index is 12.6. The zero-order chi connectivity index (χ0) is 18.4. The fourth-order valence-electron chi connectivity index (χ4n) is 3.32. The molecule has 0 radical (unpaired) electrons. The van der Waals surface area contributed by atoms with Gasteiger partial charge in [0.15, 0.2) is 0 Å². The first-order valence-corrected chi connectivity index (χ1v) is 9.56. The number of carbonyl (C=O) groups excluding carboxylic acids is 1. The second-order valence-electron chi connectivity index (χ2n) is 6.82. The van der Waals surface area contributed by atoms with Gasteiger partial charge in [0.1, 0.15) is 0 Å². The van der Waals surface area contributed by atoms with E-state index in [1.165, 1.54) is 5.56 Å². The molecule has 5 heteroatoms. The number of benzene rings is 2. The minimum atomic E-state index is -0.151. The number of amides is 1. The van der Waals surface area contributed by atoms with Crippen LogP contribution in [0, 0.1) is 0 Å². The molecule has 1 unspecified atom stereocenters. The number of hydrogen-bond acceptors (Lipinski definition) is 3. The van der Waals surface area contributed by atoms with E-state index in [0.29, 0.717) is 5.02 Å². The monoisotopic (exact) mass is 371 g/mol. The summed E-state index contributed by atoms with van der Waals surface area (Å²) < 4.78 is 0. The number of nitrogens with zero attached hydrogens (tertiary/aromatic N) is 2. The van der Waals surface area contributed by atoms with E-state index in [0.717, 1.165) is 44.8 Å². The van der Waals surface area contributed by atoms with Gasteiger partial charge in [-0.05, 0) is 49.7 Å². The van der Waals surface area contributed by atoms with Crippen LogP contribution in [-0.2, 0) is 11.3 Å². The van der Waals surface area contributed by atoms with Gasteiger partial charge in [-0.3, -0.25) is 14.6 Å². The SMILES string of the molecule is CC(C(=O)Nc1ccc(Cl)cc1)N1CCCN(Cc2ccccc2)CC1. The summed E-state index contributed by atoms with van der Waals surface area (Å²) in [5, 5.41) is 3.65. The van der Waals surface area contributed by atoms with Crippen molar-refractivity contribution in [3.05, 3.63) is 65.2 Å². The van der Waals surface area contributed by atoms with E-state index in [2.05, 4.69) is 45.4 Å². The van der Waals surface area contributed by atoms with Crippen molar-refractivity contribution in [1.82, 2.24) is 9.80 Å². The Bertz CT molecular complexity index is 705. The molecule has 1 fully saturated rings. The summed E-state index contributed by atoms with van der Waals surface area (Å²) in [6.07, 6.45) is 1.07. The smallest absolute Gasteiger partial charge is 0.241 e. The van der Waals surface area contributed by atoms with Crippen LogP contribution in [0.5, 0.6) is 0 Å². The summed E-state index contributed by atoms with van der Waals surface area (Å²) in [6, 6.07) is 17.6. The number of hydrogen-bond donors (Lipinski definition) is 1. The molecule has 0 saturated carbocycles. The predicted octanol–water partition coefficient (Wildman–Crippen LogP) is 3.87. The summed E-state index contributed by atoms with van der Waals surface area (Å²) in [7, 11) is 0. The molecule has 4 nitrogen and oxygen atoms in total. The molecule has 1 N–H and O–H groups in total. The van der Waals surface area contributed by atoms with Crippen LogP contribution in [0.2, 0.25) is 5.02 Å². The van der Waals surface area contributed by atoms with Gasteiger partial charge in [0, 0.05) is 36.9 Å². The van der Waals surface area contributed by atoms with E-state index in [9.17, 15) is 4.79 Å². The van der Waals surface area contributed by atoms with Crippen LogP contribution in [-0.4, -0.2) is 47.9 Å². The second-order valence-corrected chi connectivity index (χ2v) is 7.26. The zero-order valence-electron chi connectivity index (χ0n) is 15.2. The molecule has 1 atom stereocenters. The third-order valence-electron chi connectivity index (χ3n) is 4.91. The molecule has 0 aromatic heterocycles. The van der Waals surface area contributed by atoms with Crippen LogP contribution in [0.1, 0.15) is 18.9 Å². The zero-order valence-corrected chi connectivity index (χ0v) is 16.0. The predicted molar refractivity (Wildman–Crippen MR) is 107 cm³/mol. The Morgan fingerprint density at radius 3 is 2.50 bits per heavy atom. The summed E-state index contributed by atoms with van der Waals surface area (Å²) >= 11 is 5.90. The van der Waals surface area contributed by atoms with Gasteiger partial charge >= 0.3 is 0 Å². The van der Waals surface area contributed by atoms with Gasteiger partial charge in [-0.1, -0.05) is 41.9 Å². The van der Waals surface area contributed by atoms with Gasteiger partial charge in [0.05, 0.1) is 6.04 Å². The van der Waals surface area contributed by atoms with Crippen molar-refractivity contribution in [2.75, 3.05) is 31.5 Å². The van der Waals surface area contributed by atoms with Crippen LogP contribution in [0.3, 0.4) is 0 Å². The number of anilines is 1. The molecule has 0 spiro atoms. The summed E-state index contributed by atoms with van der Waals surface area (Å²) in [5.74, 6) is 0.0313. The van der Waals surface area contributed by atoms with Crippen molar-refractivity contribution >= 4 is 23.2 Å². The lowest BCUT2D eigenvalue weighted by Crippen LogP contribution is -2.43. The highest BCUT2D eigenvalue weighted by Gasteiger charge is 2.24. The van der Waals surface area contributed by atoms with Gasteiger partial charge in [-0.25, -0.2) is 0 Å². The molecular weight excluding hydrogens is 346 g/mol. The molecule has 1 amide bonds. The van der Waals surface area contributed by atoms with Crippen molar-refractivity contribution in [2.24, 2.45) is 0 Å². The molecule has 2 aromatic rings. The molecule has 3 rings (SSSR count). The lowest BCUT2D eigenvalue weighted by atomic mass is 10.2. The molecule has 1 saturated heterocycles. The van der Waals surface area contributed by atoms with Crippen molar-refractivity contribution in [1.29, 1.82) is 0 Å². The van der Waals surface area contributed by atoms with E-state index >= 15 is 0 Å². The van der Waals surface area contributed by atoms with Crippen LogP contribution in [0.15, 0.2) is 54.6 Å². The Hall–Kier alpha value is -1.88. The van der Waals surface area contributed by atoms with Crippen LogP contribution < -0.4 is 5.32 Å². The van der Waals surface area contributed by atoms with Crippen molar-refractivity contribution in [2.45, 2.75) is 25.9 Å². The number of nitrogens with one attached hydrogen (secondary N) is 1. The average molecular weight is 372 g/mol. The Kier molecular flexibility index (Phi) is 6.67. The summed E-state index contributed by atoms with van der Waals surface area (Å²) in [6.45, 7) is 6.85. The highest BCUT2D eigenvalue weighted by molar-refractivity contribution is 6.30. The average Bonchev–Trinajstić information content (AvgIpc) is 2.89. The van der Waals surface area contributed by atoms with E-state index in [1.54, 1.807) is 12.1 Å². The molecule has 0 bridgehead atoms. The summed E-state index contributed by atoms with van der Waals surface area (Å²) in [4.78, 5) is 17.3. The molecule has 1 aliphatic rings. The Morgan fingerprint density at radius 1 is 1.04 bits per heavy atom. The molecule has 1 aliphatic heterocycles. The Balaban J connectivity index is 1.52. The normalized spacial score (nSPS) is 17.5. The molecule has 138 valence electrons. The van der Waals surface area contributed by atoms with Crippen molar-refractivity contribution in [3.8, 4) is 0 Å². The fourth-order valence-corrected chi connectivity index (χ4v) is 3.45. The van der Waals surface area contributed by atoms with E-state index in [1.807, 2.05) is 19.1 Å².